The first-order chi connectivity index (χ1) is 15.1. The van der Waals surface area contributed by atoms with Gasteiger partial charge in [-0.2, -0.15) is 5.26 Å². The van der Waals surface area contributed by atoms with Gasteiger partial charge >= 0.3 is 0 Å². The number of thiophene rings is 1. The highest BCUT2D eigenvalue weighted by molar-refractivity contribution is 7.99. The molecule has 1 amide bonds. The summed E-state index contributed by atoms with van der Waals surface area (Å²) in [5.41, 5.74) is 2.54. The van der Waals surface area contributed by atoms with Crippen LogP contribution in [-0.2, 0) is 24.7 Å². The topological polar surface area (TPSA) is 96.7 Å². The minimum atomic E-state index is -0.159. The van der Waals surface area contributed by atoms with Crippen LogP contribution in [0.5, 0.6) is 0 Å². The maximum Gasteiger partial charge on any atom is 0.235 e. The summed E-state index contributed by atoms with van der Waals surface area (Å²) >= 11 is 2.84. The van der Waals surface area contributed by atoms with E-state index in [-0.39, 0.29) is 11.7 Å². The van der Waals surface area contributed by atoms with Crippen LogP contribution >= 0.6 is 23.1 Å². The third-order valence-corrected chi connectivity index (χ3v) is 7.58. The molecule has 0 spiro atoms. The van der Waals surface area contributed by atoms with E-state index in [1.54, 1.807) is 0 Å². The van der Waals surface area contributed by atoms with Crippen molar-refractivity contribution in [3.05, 3.63) is 46.3 Å². The summed E-state index contributed by atoms with van der Waals surface area (Å²) in [5, 5.41) is 23.2. The quantitative estimate of drug-likeness (QED) is 0.441. The number of hydrogen-bond donors (Lipinski definition) is 1. The molecule has 7 nitrogen and oxygen atoms in total. The fraction of sp³-hybridized carbons (Fsp3) is 0.273. The van der Waals surface area contributed by atoms with Crippen molar-refractivity contribution >= 4 is 45.0 Å². The maximum atomic E-state index is 12.6. The summed E-state index contributed by atoms with van der Waals surface area (Å²) in [6.07, 6.45) is 4.15. The number of anilines is 1. The zero-order valence-corrected chi connectivity index (χ0v) is 18.5. The second-order valence-corrected chi connectivity index (χ2v) is 9.43. The second-order valence-electron chi connectivity index (χ2n) is 7.38. The number of nitrogens with one attached hydrogen (secondary N) is 1. The first kappa shape index (κ1) is 19.8. The largest absolute Gasteiger partial charge is 0.453 e. The lowest BCUT2D eigenvalue weighted by Gasteiger charge is -2.09. The summed E-state index contributed by atoms with van der Waals surface area (Å²) in [6, 6.07) is 12.0. The number of fused-ring (bicyclic) bond motifs is 2. The molecule has 5 rings (SSSR count). The number of aryl methyl sites for hydroxylation is 1. The molecule has 1 aromatic carbocycles. The number of carbonyl (C=O) groups excluding carboxylic acids is 1. The van der Waals surface area contributed by atoms with Gasteiger partial charge in [0.05, 0.1) is 11.3 Å². The summed E-state index contributed by atoms with van der Waals surface area (Å²) in [5.74, 6) is 1.26. The summed E-state index contributed by atoms with van der Waals surface area (Å²) < 4.78 is 7.70. The van der Waals surface area contributed by atoms with Gasteiger partial charge in [0.2, 0.25) is 5.91 Å². The molecule has 4 aromatic rings. The van der Waals surface area contributed by atoms with Crippen molar-refractivity contribution in [1.82, 2.24) is 14.8 Å². The minimum Gasteiger partial charge on any atom is -0.453 e. The molecule has 0 saturated heterocycles. The zero-order chi connectivity index (χ0) is 21.4. The molecule has 1 aliphatic carbocycles. The van der Waals surface area contributed by atoms with E-state index in [0.717, 1.165) is 42.2 Å². The number of para-hydroxylation sites is 1. The summed E-state index contributed by atoms with van der Waals surface area (Å²) in [4.78, 5) is 13.8. The van der Waals surface area contributed by atoms with Crippen molar-refractivity contribution in [3.8, 4) is 17.7 Å². The molecular weight excluding hydrogens is 430 g/mol. The molecule has 3 heterocycles. The van der Waals surface area contributed by atoms with Gasteiger partial charge in [-0.3, -0.25) is 4.79 Å². The lowest BCUT2D eigenvalue weighted by atomic mass is 9.96. The van der Waals surface area contributed by atoms with Gasteiger partial charge in [-0.25, -0.2) is 0 Å². The Balaban J connectivity index is 1.28. The van der Waals surface area contributed by atoms with Gasteiger partial charge in [0, 0.05) is 17.3 Å². The Morgan fingerprint density at radius 2 is 2.16 bits per heavy atom. The van der Waals surface area contributed by atoms with Crippen molar-refractivity contribution in [3.63, 3.8) is 0 Å². The van der Waals surface area contributed by atoms with Gasteiger partial charge in [-0.05, 0) is 43.4 Å². The van der Waals surface area contributed by atoms with E-state index in [0.29, 0.717) is 27.3 Å². The molecule has 0 radical (unpaired) electrons. The molecule has 0 saturated carbocycles. The Labute approximate surface area is 187 Å². The van der Waals surface area contributed by atoms with Crippen LogP contribution in [0.15, 0.2) is 39.9 Å². The molecule has 1 N–H and O–H groups in total. The molecule has 1 aliphatic rings. The van der Waals surface area contributed by atoms with E-state index >= 15 is 0 Å². The first-order valence-corrected chi connectivity index (χ1v) is 11.8. The van der Waals surface area contributed by atoms with Crippen LogP contribution in [0.3, 0.4) is 0 Å². The number of nitriles is 1. The monoisotopic (exact) mass is 449 g/mol. The Bertz CT molecular complexity index is 1290. The third-order valence-electron chi connectivity index (χ3n) is 5.35. The van der Waals surface area contributed by atoms with Crippen molar-refractivity contribution in [1.29, 1.82) is 5.26 Å². The van der Waals surface area contributed by atoms with Gasteiger partial charge < -0.3 is 14.3 Å². The average molecular weight is 450 g/mol. The van der Waals surface area contributed by atoms with Crippen LogP contribution in [0.4, 0.5) is 5.00 Å². The van der Waals surface area contributed by atoms with Gasteiger partial charge in [0.15, 0.2) is 16.7 Å². The van der Waals surface area contributed by atoms with Crippen molar-refractivity contribution < 1.29 is 9.21 Å². The van der Waals surface area contributed by atoms with E-state index in [1.165, 1.54) is 28.0 Å². The van der Waals surface area contributed by atoms with Crippen LogP contribution in [0.2, 0.25) is 0 Å². The molecule has 3 aromatic heterocycles. The van der Waals surface area contributed by atoms with Gasteiger partial charge in [-0.15, -0.1) is 21.5 Å². The number of hydrogen-bond acceptors (Lipinski definition) is 7. The molecule has 0 bridgehead atoms. The summed E-state index contributed by atoms with van der Waals surface area (Å²) in [6.45, 7) is 0. The van der Waals surface area contributed by atoms with Crippen LogP contribution < -0.4 is 5.32 Å². The van der Waals surface area contributed by atoms with E-state index < -0.39 is 0 Å². The Hall–Kier alpha value is -3.09. The smallest absolute Gasteiger partial charge is 0.235 e. The van der Waals surface area contributed by atoms with Crippen LogP contribution in [0.25, 0.3) is 22.6 Å². The Morgan fingerprint density at radius 3 is 3.00 bits per heavy atom. The molecule has 9 heteroatoms. The lowest BCUT2D eigenvalue weighted by molar-refractivity contribution is -0.113. The van der Waals surface area contributed by atoms with Gasteiger partial charge in [0.1, 0.15) is 16.7 Å². The SMILES string of the molecule is Cn1c(SCC(=O)Nc2sc3c(c2C#N)CCCC3)nnc1-c1cc2ccccc2o1. The van der Waals surface area contributed by atoms with Gasteiger partial charge in [-0.1, -0.05) is 30.0 Å². The number of thioether (sulfide) groups is 1. The number of nitrogens with zero attached hydrogens (tertiary/aromatic N) is 4. The van der Waals surface area contributed by atoms with Gasteiger partial charge in [0.25, 0.3) is 0 Å². The Morgan fingerprint density at radius 1 is 1.32 bits per heavy atom. The van der Waals surface area contributed by atoms with Crippen LogP contribution in [0, 0.1) is 11.3 Å². The first-order valence-electron chi connectivity index (χ1n) is 9.99. The number of aromatic nitrogens is 3. The highest BCUT2D eigenvalue weighted by Crippen LogP contribution is 2.37. The molecule has 0 unspecified atom stereocenters. The van der Waals surface area contributed by atoms with Crippen molar-refractivity contribution in [2.75, 3.05) is 11.1 Å². The zero-order valence-electron chi connectivity index (χ0n) is 16.8. The summed E-state index contributed by atoms with van der Waals surface area (Å²) in [7, 11) is 1.85. The van der Waals surface area contributed by atoms with Crippen molar-refractivity contribution in [2.24, 2.45) is 7.05 Å². The maximum absolute atomic E-state index is 12.6. The molecule has 0 atom stereocenters. The molecule has 31 heavy (non-hydrogen) atoms. The predicted octanol–water partition coefficient (Wildman–Crippen LogP) is 4.77. The van der Waals surface area contributed by atoms with E-state index in [9.17, 15) is 10.1 Å². The normalized spacial score (nSPS) is 13.2. The highest BCUT2D eigenvalue weighted by atomic mass is 32.2. The highest BCUT2D eigenvalue weighted by Gasteiger charge is 2.22. The van der Waals surface area contributed by atoms with E-state index in [1.807, 2.05) is 41.9 Å². The van der Waals surface area contributed by atoms with Crippen molar-refractivity contribution in [2.45, 2.75) is 30.8 Å². The number of rotatable bonds is 5. The number of amides is 1. The molecular formula is C22H19N5O2S2. The Kier molecular flexibility index (Phi) is 5.26. The molecule has 0 aliphatic heterocycles. The van der Waals surface area contributed by atoms with E-state index in [2.05, 4.69) is 21.6 Å². The average Bonchev–Trinajstić information content (AvgIpc) is 3.46. The minimum absolute atomic E-state index is 0.159. The molecule has 156 valence electrons. The number of furan rings is 1. The third kappa shape index (κ3) is 3.73. The number of carbonyl (C=O) groups is 1. The fourth-order valence-electron chi connectivity index (χ4n) is 3.81. The van der Waals surface area contributed by atoms with Crippen LogP contribution in [0.1, 0.15) is 28.8 Å². The van der Waals surface area contributed by atoms with E-state index in [4.69, 9.17) is 4.42 Å². The fourth-order valence-corrected chi connectivity index (χ4v) is 5.78. The van der Waals surface area contributed by atoms with Crippen LogP contribution in [-0.4, -0.2) is 26.4 Å². The second kappa shape index (κ2) is 8.21. The molecule has 0 fully saturated rings. The standard InChI is InChI=1S/C22H19N5O2S2/c1-27-20(17-10-13-6-2-4-8-16(13)29-17)25-26-22(27)30-12-19(28)24-21-15(11-23)14-7-3-5-9-18(14)31-21/h2,4,6,8,10H,3,5,7,9,12H2,1H3,(H,24,28). The predicted molar refractivity (Wildman–Crippen MR) is 121 cm³/mol. The number of benzene rings is 1. The lowest BCUT2D eigenvalue weighted by Crippen LogP contribution is -2.14.